The number of carbonyl (C=O) groups excluding carboxylic acids is 1. The highest BCUT2D eigenvalue weighted by Gasteiger charge is 2.29. The SMILES string of the molecule is O=C(NCc1ccc(C(=O)O)cc1)NCC(O)C1CC1. The first-order chi connectivity index (χ1) is 9.56. The zero-order valence-corrected chi connectivity index (χ0v) is 11.0. The molecular formula is C14H18N2O4. The van der Waals surface area contributed by atoms with Gasteiger partial charge in [0, 0.05) is 13.1 Å². The van der Waals surface area contributed by atoms with Crippen LogP contribution in [0.25, 0.3) is 0 Å². The van der Waals surface area contributed by atoms with E-state index in [0.29, 0.717) is 12.5 Å². The van der Waals surface area contributed by atoms with Crippen molar-refractivity contribution in [2.45, 2.75) is 25.5 Å². The van der Waals surface area contributed by atoms with Gasteiger partial charge in [-0.1, -0.05) is 12.1 Å². The summed E-state index contributed by atoms with van der Waals surface area (Å²) in [6.45, 7) is 0.569. The Morgan fingerprint density at radius 2 is 1.85 bits per heavy atom. The third-order valence-electron chi connectivity index (χ3n) is 3.29. The normalized spacial score (nSPS) is 15.4. The van der Waals surface area contributed by atoms with Crippen LogP contribution in [0.1, 0.15) is 28.8 Å². The molecule has 6 nitrogen and oxygen atoms in total. The molecule has 0 aromatic heterocycles. The summed E-state index contributed by atoms with van der Waals surface area (Å²) in [7, 11) is 0. The Morgan fingerprint density at radius 1 is 1.20 bits per heavy atom. The largest absolute Gasteiger partial charge is 0.478 e. The number of hydrogen-bond acceptors (Lipinski definition) is 3. The Balaban J connectivity index is 1.70. The van der Waals surface area contributed by atoms with E-state index in [0.717, 1.165) is 18.4 Å². The maximum atomic E-state index is 11.5. The van der Waals surface area contributed by atoms with Gasteiger partial charge in [0.1, 0.15) is 0 Å². The van der Waals surface area contributed by atoms with Crippen molar-refractivity contribution in [1.82, 2.24) is 10.6 Å². The molecular weight excluding hydrogens is 260 g/mol. The summed E-state index contributed by atoms with van der Waals surface area (Å²) < 4.78 is 0. The fraction of sp³-hybridized carbons (Fsp3) is 0.429. The number of nitrogens with one attached hydrogen (secondary N) is 2. The van der Waals surface area contributed by atoms with E-state index in [1.165, 1.54) is 12.1 Å². The number of amides is 2. The second-order valence-electron chi connectivity index (χ2n) is 4.97. The molecule has 0 aliphatic heterocycles. The van der Waals surface area contributed by atoms with Crippen molar-refractivity contribution in [1.29, 1.82) is 0 Å². The first kappa shape index (κ1) is 14.3. The quantitative estimate of drug-likeness (QED) is 0.622. The van der Waals surface area contributed by atoms with Crippen molar-refractivity contribution >= 4 is 12.0 Å². The summed E-state index contributed by atoms with van der Waals surface area (Å²) in [4.78, 5) is 22.2. The number of aliphatic hydroxyl groups is 1. The molecule has 1 aromatic rings. The average molecular weight is 278 g/mol. The second kappa shape index (κ2) is 6.38. The number of aromatic carboxylic acids is 1. The molecule has 1 saturated carbocycles. The van der Waals surface area contributed by atoms with E-state index in [-0.39, 0.29) is 18.1 Å². The number of benzene rings is 1. The number of rotatable bonds is 6. The van der Waals surface area contributed by atoms with Crippen LogP contribution >= 0.6 is 0 Å². The molecule has 1 aliphatic carbocycles. The van der Waals surface area contributed by atoms with Gasteiger partial charge in [0.2, 0.25) is 0 Å². The lowest BCUT2D eigenvalue weighted by Gasteiger charge is -2.11. The number of hydrogen-bond donors (Lipinski definition) is 4. The minimum atomic E-state index is -0.976. The van der Waals surface area contributed by atoms with Gasteiger partial charge in [-0.25, -0.2) is 9.59 Å². The topological polar surface area (TPSA) is 98.7 Å². The Labute approximate surface area is 116 Å². The highest BCUT2D eigenvalue weighted by Crippen LogP contribution is 2.32. The van der Waals surface area contributed by atoms with Gasteiger partial charge in [0.15, 0.2) is 0 Å². The van der Waals surface area contributed by atoms with E-state index in [1.54, 1.807) is 12.1 Å². The molecule has 4 N–H and O–H groups in total. The molecule has 1 unspecified atom stereocenters. The summed E-state index contributed by atoms with van der Waals surface area (Å²) in [5.41, 5.74) is 1.03. The van der Waals surface area contributed by atoms with Crippen molar-refractivity contribution in [2.75, 3.05) is 6.54 Å². The summed E-state index contributed by atoms with van der Waals surface area (Å²) >= 11 is 0. The predicted molar refractivity (Wildman–Crippen MR) is 72.4 cm³/mol. The van der Waals surface area contributed by atoms with Crippen molar-refractivity contribution in [3.05, 3.63) is 35.4 Å². The van der Waals surface area contributed by atoms with E-state index >= 15 is 0 Å². The van der Waals surface area contributed by atoms with Gasteiger partial charge in [-0.2, -0.15) is 0 Å². The van der Waals surface area contributed by atoms with Gasteiger partial charge in [0.25, 0.3) is 0 Å². The third-order valence-corrected chi connectivity index (χ3v) is 3.29. The van der Waals surface area contributed by atoms with Crippen molar-refractivity contribution < 1.29 is 19.8 Å². The molecule has 0 bridgehead atoms. The smallest absolute Gasteiger partial charge is 0.335 e. The number of carboxylic acids is 1. The average Bonchev–Trinajstić information content (AvgIpc) is 3.27. The summed E-state index contributed by atoms with van der Waals surface area (Å²) in [5.74, 6) is -0.643. The zero-order chi connectivity index (χ0) is 14.5. The maximum Gasteiger partial charge on any atom is 0.335 e. The standard InChI is InChI=1S/C14H18N2O4/c17-12(10-5-6-10)8-16-14(20)15-7-9-1-3-11(4-2-9)13(18)19/h1-4,10,12,17H,5-8H2,(H,18,19)(H2,15,16,20). The number of aliphatic hydroxyl groups excluding tert-OH is 1. The molecule has 1 atom stereocenters. The molecule has 0 spiro atoms. The second-order valence-corrected chi connectivity index (χ2v) is 4.97. The molecule has 6 heteroatoms. The van der Waals surface area contributed by atoms with Gasteiger partial charge in [-0.15, -0.1) is 0 Å². The Bertz CT molecular complexity index is 482. The summed E-state index contributed by atoms with van der Waals surface area (Å²) in [5, 5.41) is 23.6. The molecule has 20 heavy (non-hydrogen) atoms. The molecule has 108 valence electrons. The van der Waals surface area contributed by atoms with Crippen LogP contribution in [0.2, 0.25) is 0 Å². The van der Waals surface area contributed by atoms with Crippen molar-refractivity contribution in [2.24, 2.45) is 5.92 Å². The fourth-order valence-electron chi connectivity index (χ4n) is 1.85. The molecule has 1 aliphatic rings. The van der Waals surface area contributed by atoms with E-state index in [4.69, 9.17) is 5.11 Å². The lowest BCUT2D eigenvalue weighted by Crippen LogP contribution is -2.39. The van der Waals surface area contributed by atoms with Crippen LogP contribution in [0, 0.1) is 5.92 Å². The van der Waals surface area contributed by atoms with Crippen LogP contribution in [0.5, 0.6) is 0 Å². The fourth-order valence-corrected chi connectivity index (χ4v) is 1.85. The van der Waals surface area contributed by atoms with Crippen LogP contribution < -0.4 is 10.6 Å². The van der Waals surface area contributed by atoms with Crippen LogP contribution in [0.3, 0.4) is 0 Å². The Morgan fingerprint density at radius 3 is 2.40 bits per heavy atom. The number of urea groups is 1. The van der Waals surface area contributed by atoms with Gasteiger partial charge < -0.3 is 20.8 Å². The van der Waals surface area contributed by atoms with Gasteiger partial charge in [-0.3, -0.25) is 0 Å². The predicted octanol–water partition coefficient (Wildman–Crippen LogP) is 0.955. The van der Waals surface area contributed by atoms with Crippen LogP contribution in [0.15, 0.2) is 24.3 Å². The maximum absolute atomic E-state index is 11.5. The van der Waals surface area contributed by atoms with Crippen LogP contribution in [0.4, 0.5) is 4.79 Å². The molecule has 2 amide bonds. The van der Waals surface area contributed by atoms with E-state index in [2.05, 4.69) is 10.6 Å². The monoisotopic (exact) mass is 278 g/mol. The first-order valence-corrected chi connectivity index (χ1v) is 6.58. The summed E-state index contributed by atoms with van der Waals surface area (Å²) in [6.07, 6.45) is 1.59. The molecule has 0 radical (unpaired) electrons. The van der Waals surface area contributed by atoms with Crippen molar-refractivity contribution in [3.8, 4) is 0 Å². The molecule has 0 heterocycles. The third kappa shape index (κ3) is 4.24. The lowest BCUT2D eigenvalue weighted by molar-refractivity contribution is 0.0697. The zero-order valence-electron chi connectivity index (χ0n) is 11.0. The van der Waals surface area contributed by atoms with Gasteiger partial charge in [-0.05, 0) is 36.5 Å². The number of carboxylic acid groups (broad SMARTS) is 1. The van der Waals surface area contributed by atoms with Crippen molar-refractivity contribution in [3.63, 3.8) is 0 Å². The molecule has 1 fully saturated rings. The Hall–Kier alpha value is -2.08. The van der Waals surface area contributed by atoms with E-state index in [9.17, 15) is 14.7 Å². The van der Waals surface area contributed by atoms with Gasteiger partial charge in [0.05, 0.1) is 11.7 Å². The molecule has 1 aromatic carbocycles. The highest BCUT2D eigenvalue weighted by molar-refractivity contribution is 5.87. The van der Waals surface area contributed by atoms with Crippen LogP contribution in [-0.4, -0.2) is 34.9 Å². The molecule has 2 rings (SSSR count). The first-order valence-electron chi connectivity index (χ1n) is 6.58. The minimum Gasteiger partial charge on any atom is -0.478 e. The Kier molecular flexibility index (Phi) is 4.57. The van der Waals surface area contributed by atoms with Crippen LogP contribution in [-0.2, 0) is 6.54 Å². The van der Waals surface area contributed by atoms with E-state index in [1.807, 2.05) is 0 Å². The molecule has 0 saturated heterocycles. The lowest BCUT2D eigenvalue weighted by atomic mass is 10.1. The summed E-state index contributed by atoms with van der Waals surface area (Å²) in [6, 6.07) is 5.96. The van der Waals surface area contributed by atoms with Gasteiger partial charge >= 0.3 is 12.0 Å². The minimum absolute atomic E-state index is 0.214. The van der Waals surface area contributed by atoms with E-state index < -0.39 is 12.1 Å². The number of carbonyl (C=O) groups is 2. The highest BCUT2D eigenvalue weighted by atomic mass is 16.4.